The lowest BCUT2D eigenvalue weighted by Crippen LogP contribution is -2.75. The largest absolute Gasteiger partial charge is 0.372 e. The number of morpholine rings is 1. The number of hydrogen-bond acceptors (Lipinski definition) is 7. The van der Waals surface area contributed by atoms with Crippen LogP contribution in [0.1, 0.15) is 19.4 Å². The van der Waals surface area contributed by atoms with E-state index in [1.54, 1.807) is 13.0 Å². The van der Waals surface area contributed by atoms with Gasteiger partial charge in [-0.2, -0.15) is 0 Å². The number of hydrogen-bond donors (Lipinski definition) is 2. The lowest BCUT2D eigenvalue weighted by molar-refractivity contribution is -0.384. The first-order chi connectivity index (χ1) is 12.7. The minimum atomic E-state index is -1.62. The summed E-state index contributed by atoms with van der Waals surface area (Å²) in [5.41, 5.74) is -0.489. The number of carbonyl (C=O) groups excluding carboxylic acids is 3. The molecule has 27 heavy (non-hydrogen) atoms. The number of imide groups is 2. The molecule has 10 heteroatoms. The summed E-state index contributed by atoms with van der Waals surface area (Å²) >= 11 is 0. The summed E-state index contributed by atoms with van der Waals surface area (Å²) in [6.45, 7) is 4.07. The first-order valence-electron chi connectivity index (χ1n) is 8.60. The van der Waals surface area contributed by atoms with Crippen LogP contribution >= 0.6 is 0 Å². The second-order valence-corrected chi connectivity index (χ2v) is 7.20. The summed E-state index contributed by atoms with van der Waals surface area (Å²) in [4.78, 5) is 49.9. The monoisotopic (exact) mass is 374 g/mol. The van der Waals surface area contributed by atoms with Crippen molar-refractivity contribution in [1.82, 2.24) is 10.6 Å². The molecule has 2 N–H and O–H groups in total. The zero-order valence-corrected chi connectivity index (χ0v) is 14.7. The number of nitrogens with zero attached hydrogens (tertiary/aromatic N) is 2. The van der Waals surface area contributed by atoms with Crippen LogP contribution in [-0.4, -0.2) is 47.6 Å². The maximum atomic E-state index is 12.9. The van der Waals surface area contributed by atoms with Gasteiger partial charge in [-0.1, -0.05) is 0 Å². The van der Waals surface area contributed by atoms with Crippen molar-refractivity contribution in [3.05, 3.63) is 33.9 Å². The van der Waals surface area contributed by atoms with Crippen LogP contribution < -0.4 is 15.5 Å². The lowest BCUT2D eigenvalue weighted by Gasteiger charge is -2.55. The quantitative estimate of drug-likeness (QED) is 0.415. The summed E-state index contributed by atoms with van der Waals surface area (Å²) in [5.74, 6) is -1.43. The fourth-order valence-electron chi connectivity index (χ4n) is 4.55. The van der Waals surface area contributed by atoms with Gasteiger partial charge < -0.3 is 9.64 Å². The highest BCUT2D eigenvalue weighted by molar-refractivity contribution is 6.20. The van der Waals surface area contributed by atoms with Crippen molar-refractivity contribution < 1.29 is 24.0 Å². The molecule has 0 aromatic heterocycles. The Balaban J connectivity index is 1.92. The van der Waals surface area contributed by atoms with Crippen LogP contribution in [0.3, 0.4) is 0 Å². The van der Waals surface area contributed by atoms with Crippen LogP contribution in [0.2, 0.25) is 0 Å². The van der Waals surface area contributed by atoms with E-state index in [0.29, 0.717) is 12.1 Å². The highest BCUT2D eigenvalue weighted by Crippen LogP contribution is 2.47. The minimum Gasteiger partial charge on any atom is -0.372 e. The number of amides is 4. The number of non-ortho nitro benzene ring substituents is 1. The number of nitro benzene ring substituents is 1. The van der Waals surface area contributed by atoms with E-state index in [1.807, 2.05) is 11.8 Å². The number of urea groups is 1. The molecule has 2 saturated heterocycles. The Morgan fingerprint density at radius 1 is 1.22 bits per heavy atom. The van der Waals surface area contributed by atoms with E-state index in [-0.39, 0.29) is 18.2 Å². The molecule has 0 saturated carbocycles. The molecule has 0 bridgehead atoms. The molecule has 10 nitrogen and oxygen atoms in total. The first-order valence-corrected chi connectivity index (χ1v) is 8.60. The lowest BCUT2D eigenvalue weighted by atomic mass is 9.66. The molecule has 1 aromatic rings. The molecule has 2 fully saturated rings. The number of barbiturate groups is 1. The van der Waals surface area contributed by atoms with Crippen molar-refractivity contribution in [2.75, 3.05) is 11.4 Å². The number of anilines is 1. The molecule has 4 rings (SSSR count). The zero-order chi connectivity index (χ0) is 19.5. The fourth-order valence-corrected chi connectivity index (χ4v) is 4.55. The van der Waals surface area contributed by atoms with Gasteiger partial charge >= 0.3 is 6.03 Å². The number of nitrogens with one attached hydrogen (secondary N) is 2. The van der Waals surface area contributed by atoms with Gasteiger partial charge in [0.1, 0.15) is 0 Å². The number of rotatable bonds is 1. The number of carbonyl (C=O) groups is 3. The van der Waals surface area contributed by atoms with Crippen molar-refractivity contribution in [2.24, 2.45) is 5.41 Å². The standard InChI is InChI=1S/C17H18N4O6/c1-8-7-20-12-4-3-11(21(25)26)5-10(12)6-17(13(20)9(2)27-8)14(22)18-16(24)19-15(17)23/h3-5,8-9,13H,6-7H2,1-2H3,(H2,18,19,22,23,24). The highest BCUT2D eigenvalue weighted by atomic mass is 16.6. The Labute approximate surface area is 154 Å². The van der Waals surface area contributed by atoms with Gasteiger partial charge in [-0.25, -0.2) is 4.79 Å². The van der Waals surface area contributed by atoms with E-state index in [0.717, 1.165) is 5.69 Å². The Morgan fingerprint density at radius 3 is 2.52 bits per heavy atom. The van der Waals surface area contributed by atoms with Gasteiger partial charge in [0.15, 0.2) is 5.41 Å². The summed E-state index contributed by atoms with van der Waals surface area (Å²) in [5, 5.41) is 15.5. The molecular formula is C17H18N4O6. The molecule has 0 radical (unpaired) electrons. The van der Waals surface area contributed by atoms with Gasteiger partial charge in [0.05, 0.1) is 23.2 Å². The maximum absolute atomic E-state index is 12.9. The van der Waals surface area contributed by atoms with Crippen molar-refractivity contribution >= 4 is 29.2 Å². The van der Waals surface area contributed by atoms with Crippen LogP contribution in [0, 0.1) is 15.5 Å². The van der Waals surface area contributed by atoms with Crippen LogP contribution in [0.15, 0.2) is 18.2 Å². The molecule has 3 aliphatic heterocycles. The molecule has 3 atom stereocenters. The smallest absolute Gasteiger partial charge is 0.328 e. The fraction of sp³-hybridized carbons (Fsp3) is 0.471. The first kappa shape index (κ1) is 17.4. The van der Waals surface area contributed by atoms with Crippen molar-refractivity contribution in [1.29, 1.82) is 0 Å². The Bertz CT molecular complexity index is 864. The second kappa shape index (κ2) is 5.74. The second-order valence-electron chi connectivity index (χ2n) is 7.20. The van der Waals surface area contributed by atoms with Gasteiger partial charge in [0, 0.05) is 30.8 Å². The average molecular weight is 374 g/mol. The van der Waals surface area contributed by atoms with Crippen LogP contribution in [-0.2, 0) is 20.7 Å². The Hall–Kier alpha value is -3.01. The van der Waals surface area contributed by atoms with Gasteiger partial charge in [0.25, 0.3) is 5.69 Å². The van der Waals surface area contributed by atoms with Gasteiger partial charge in [0.2, 0.25) is 11.8 Å². The third kappa shape index (κ3) is 2.40. The van der Waals surface area contributed by atoms with Crippen molar-refractivity contribution in [3.8, 4) is 0 Å². The number of fused-ring (bicyclic) bond motifs is 4. The van der Waals surface area contributed by atoms with E-state index in [2.05, 4.69) is 10.6 Å². The molecule has 1 spiro atoms. The molecule has 142 valence electrons. The van der Waals surface area contributed by atoms with Crippen LogP contribution in [0.25, 0.3) is 0 Å². The van der Waals surface area contributed by atoms with Crippen molar-refractivity contribution in [2.45, 2.75) is 38.5 Å². The molecule has 3 heterocycles. The third-order valence-electron chi connectivity index (χ3n) is 5.50. The molecular weight excluding hydrogens is 356 g/mol. The van der Waals surface area contributed by atoms with E-state index in [1.165, 1.54) is 12.1 Å². The van der Waals surface area contributed by atoms with Crippen LogP contribution in [0.5, 0.6) is 0 Å². The number of ether oxygens (including phenoxy) is 1. The zero-order valence-electron chi connectivity index (χ0n) is 14.7. The predicted molar refractivity (Wildman–Crippen MR) is 92.1 cm³/mol. The SMILES string of the molecule is CC1CN2c3ccc([N+](=O)[O-])cc3CC3(C(=O)NC(=O)NC3=O)C2C(C)O1. The summed E-state index contributed by atoms with van der Waals surface area (Å²) in [6.07, 6.45) is -0.689. The maximum Gasteiger partial charge on any atom is 0.328 e. The number of benzene rings is 1. The van der Waals surface area contributed by atoms with Crippen molar-refractivity contribution in [3.63, 3.8) is 0 Å². The van der Waals surface area contributed by atoms with E-state index < -0.39 is 40.3 Å². The highest BCUT2D eigenvalue weighted by Gasteiger charge is 2.62. The number of nitro groups is 1. The molecule has 4 amide bonds. The van der Waals surface area contributed by atoms with Crippen LogP contribution in [0.4, 0.5) is 16.2 Å². The van der Waals surface area contributed by atoms with E-state index in [4.69, 9.17) is 4.74 Å². The molecule has 3 unspecified atom stereocenters. The van der Waals surface area contributed by atoms with E-state index in [9.17, 15) is 24.5 Å². The average Bonchev–Trinajstić information content (AvgIpc) is 2.58. The van der Waals surface area contributed by atoms with E-state index >= 15 is 0 Å². The predicted octanol–water partition coefficient (Wildman–Crippen LogP) is 0.485. The summed E-state index contributed by atoms with van der Waals surface area (Å²) in [7, 11) is 0. The molecule has 1 aromatic carbocycles. The summed E-state index contributed by atoms with van der Waals surface area (Å²) in [6, 6.07) is 2.92. The van der Waals surface area contributed by atoms with Gasteiger partial charge in [-0.3, -0.25) is 30.3 Å². The van der Waals surface area contributed by atoms with Gasteiger partial charge in [-0.05, 0) is 25.5 Å². The Kier molecular flexibility index (Phi) is 3.70. The molecule has 3 aliphatic rings. The third-order valence-corrected chi connectivity index (χ3v) is 5.50. The minimum absolute atomic E-state index is 0.0573. The summed E-state index contributed by atoms with van der Waals surface area (Å²) < 4.78 is 5.89. The topological polar surface area (TPSA) is 131 Å². The normalized spacial score (nSPS) is 28.9. The Morgan fingerprint density at radius 2 is 1.89 bits per heavy atom. The van der Waals surface area contributed by atoms with Gasteiger partial charge in [-0.15, -0.1) is 0 Å². The molecule has 0 aliphatic carbocycles.